The van der Waals surface area contributed by atoms with Crippen LogP contribution in [0.15, 0.2) is 146 Å². The summed E-state index contributed by atoms with van der Waals surface area (Å²) in [5, 5.41) is 1.35. The Labute approximate surface area is 251 Å². The van der Waals surface area contributed by atoms with Crippen LogP contribution in [-0.4, -0.2) is 14.5 Å². The van der Waals surface area contributed by atoms with Gasteiger partial charge in [0.15, 0.2) is 5.82 Å². The molecule has 2 heterocycles. The van der Waals surface area contributed by atoms with E-state index in [4.69, 9.17) is 9.97 Å². The highest BCUT2D eigenvalue weighted by Gasteiger charge is 2.18. The number of allylic oxidation sites excluding steroid dienone is 1. The normalized spacial score (nSPS) is 12.4. The van der Waals surface area contributed by atoms with Gasteiger partial charge in [-0.3, -0.25) is 0 Å². The van der Waals surface area contributed by atoms with Crippen LogP contribution in [0.2, 0.25) is 0 Å². The van der Waals surface area contributed by atoms with Crippen molar-refractivity contribution in [3.63, 3.8) is 0 Å². The third-order valence-corrected chi connectivity index (χ3v) is 8.30. The zero-order valence-corrected chi connectivity index (χ0v) is 23.7. The number of para-hydroxylation sites is 1. The van der Waals surface area contributed by atoms with Crippen LogP contribution in [0.25, 0.3) is 67.7 Å². The number of nitrogens with zero attached hydrogens (tertiary/aromatic N) is 3. The second-order valence-electron chi connectivity index (χ2n) is 11.0. The predicted octanol–water partition coefficient (Wildman–Crippen LogP) is 10.0. The van der Waals surface area contributed by atoms with E-state index in [9.17, 15) is 0 Å². The van der Waals surface area contributed by atoms with Gasteiger partial charge in [0.1, 0.15) is 0 Å². The average Bonchev–Trinajstić information content (AvgIpc) is 3.43. The number of rotatable bonds is 5. The van der Waals surface area contributed by atoms with Gasteiger partial charge in [0.2, 0.25) is 0 Å². The molecule has 7 aromatic rings. The molecule has 204 valence electrons. The summed E-state index contributed by atoms with van der Waals surface area (Å²) < 4.78 is 2.40. The Hall–Kier alpha value is -5.54. The summed E-state index contributed by atoms with van der Waals surface area (Å²) in [6.07, 6.45) is 6.76. The molecule has 1 aliphatic rings. The van der Waals surface area contributed by atoms with Gasteiger partial charge in [0, 0.05) is 33.5 Å². The molecule has 1 aliphatic carbocycles. The molecule has 0 fully saturated rings. The Balaban J connectivity index is 1.19. The zero-order valence-electron chi connectivity index (χ0n) is 23.7. The minimum absolute atomic E-state index is 0.725. The van der Waals surface area contributed by atoms with Gasteiger partial charge in [-0.15, -0.1) is 0 Å². The first-order valence-corrected chi connectivity index (χ1v) is 14.8. The number of hydrogen-bond donors (Lipinski definition) is 0. The molecule has 0 radical (unpaired) electrons. The van der Waals surface area contributed by atoms with Crippen LogP contribution in [0.4, 0.5) is 0 Å². The van der Waals surface area contributed by atoms with Gasteiger partial charge >= 0.3 is 0 Å². The molecule has 0 unspecified atom stereocenters. The van der Waals surface area contributed by atoms with Crippen molar-refractivity contribution in [1.29, 1.82) is 0 Å². The molecule has 8 rings (SSSR count). The maximum absolute atomic E-state index is 5.03. The van der Waals surface area contributed by atoms with Crippen molar-refractivity contribution in [2.75, 3.05) is 0 Å². The first-order valence-electron chi connectivity index (χ1n) is 14.8. The Morgan fingerprint density at radius 2 is 1.16 bits per heavy atom. The van der Waals surface area contributed by atoms with Crippen LogP contribution >= 0.6 is 0 Å². The van der Waals surface area contributed by atoms with E-state index in [1.165, 1.54) is 33.4 Å². The minimum Gasteiger partial charge on any atom is -0.310 e. The number of fused-ring (bicyclic) bond motifs is 3. The summed E-state index contributed by atoms with van der Waals surface area (Å²) >= 11 is 0. The van der Waals surface area contributed by atoms with Gasteiger partial charge in [-0.05, 0) is 65.9 Å². The summed E-state index contributed by atoms with van der Waals surface area (Å²) in [4.78, 5) is 9.98. The minimum atomic E-state index is 0.725. The highest BCUT2D eigenvalue weighted by Crippen LogP contribution is 2.35. The van der Waals surface area contributed by atoms with E-state index < -0.39 is 0 Å². The SMILES string of the molecule is C1=Cc2c(c3ccccc3n2-c2ccc(-c3cccc(-c4cc(-c5ccccc5)nc(-c5ccccc5)n4)c3)cc2)CC1. The largest absolute Gasteiger partial charge is 0.310 e. The molecule has 0 N–H and O–H groups in total. The van der Waals surface area contributed by atoms with Gasteiger partial charge in [0.25, 0.3) is 0 Å². The molecule has 0 aliphatic heterocycles. The second kappa shape index (κ2) is 10.7. The van der Waals surface area contributed by atoms with Crippen molar-refractivity contribution in [3.05, 3.63) is 157 Å². The molecule has 0 bridgehead atoms. The number of aromatic nitrogens is 3. The maximum atomic E-state index is 5.03. The lowest BCUT2D eigenvalue weighted by Crippen LogP contribution is -2.00. The van der Waals surface area contributed by atoms with Gasteiger partial charge < -0.3 is 4.57 Å². The monoisotopic (exact) mass is 551 g/mol. The molecule has 2 aromatic heterocycles. The lowest BCUT2D eigenvalue weighted by molar-refractivity contribution is 0.967. The number of aryl methyl sites for hydroxylation is 1. The molecule has 0 saturated carbocycles. The second-order valence-corrected chi connectivity index (χ2v) is 11.0. The Bertz CT molecular complexity index is 2050. The lowest BCUT2D eigenvalue weighted by Gasteiger charge is -2.13. The van der Waals surface area contributed by atoms with E-state index in [1.807, 2.05) is 36.4 Å². The van der Waals surface area contributed by atoms with Crippen molar-refractivity contribution < 1.29 is 0 Å². The van der Waals surface area contributed by atoms with Crippen LogP contribution in [0.3, 0.4) is 0 Å². The van der Waals surface area contributed by atoms with E-state index in [-0.39, 0.29) is 0 Å². The summed E-state index contributed by atoms with van der Waals surface area (Å²) in [6.45, 7) is 0. The number of benzene rings is 5. The molecule has 0 atom stereocenters. The first-order chi connectivity index (χ1) is 21.3. The van der Waals surface area contributed by atoms with Crippen LogP contribution in [0.1, 0.15) is 17.7 Å². The molecular weight excluding hydrogens is 522 g/mol. The highest BCUT2D eigenvalue weighted by molar-refractivity contribution is 5.91. The average molecular weight is 552 g/mol. The summed E-state index contributed by atoms with van der Waals surface area (Å²) in [5.41, 5.74) is 12.5. The molecule has 0 amide bonds. The van der Waals surface area contributed by atoms with Gasteiger partial charge in [0.05, 0.1) is 16.9 Å². The molecule has 43 heavy (non-hydrogen) atoms. The van der Waals surface area contributed by atoms with Gasteiger partial charge in [-0.1, -0.05) is 115 Å². The lowest BCUT2D eigenvalue weighted by atomic mass is 10.00. The molecule has 3 nitrogen and oxygen atoms in total. The predicted molar refractivity (Wildman–Crippen MR) is 178 cm³/mol. The van der Waals surface area contributed by atoms with Crippen molar-refractivity contribution in [2.24, 2.45) is 0 Å². The summed E-state index contributed by atoms with van der Waals surface area (Å²) in [6, 6.07) is 49.0. The number of hydrogen-bond acceptors (Lipinski definition) is 2. The molecular formula is C40H29N3. The topological polar surface area (TPSA) is 30.7 Å². The van der Waals surface area contributed by atoms with E-state index in [1.54, 1.807) is 0 Å². The standard InChI is InChI=1S/C40H29N3/c1-3-12-29(13-4-1)36-27-37(42-40(41-36)30-14-5-2-6-15-30)32-17-11-16-31(26-32)28-22-24-33(25-23-28)43-38-20-9-7-18-34(38)35-19-8-10-21-39(35)43/h1-7,9-18,20-27H,8,19H2. The molecule has 0 spiro atoms. The molecule has 0 saturated heterocycles. The fraction of sp³-hybridized carbons (Fsp3) is 0.0500. The van der Waals surface area contributed by atoms with E-state index in [0.29, 0.717) is 0 Å². The Kier molecular flexibility index (Phi) is 6.27. The van der Waals surface area contributed by atoms with Crippen molar-refractivity contribution in [2.45, 2.75) is 12.8 Å². The van der Waals surface area contributed by atoms with Crippen LogP contribution in [0, 0.1) is 0 Å². The quantitative estimate of drug-likeness (QED) is 0.213. The van der Waals surface area contributed by atoms with Crippen molar-refractivity contribution >= 4 is 17.0 Å². The van der Waals surface area contributed by atoms with E-state index in [0.717, 1.165) is 52.3 Å². The van der Waals surface area contributed by atoms with Gasteiger partial charge in [-0.25, -0.2) is 9.97 Å². The third-order valence-electron chi connectivity index (χ3n) is 8.30. The maximum Gasteiger partial charge on any atom is 0.160 e. The third kappa shape index (κ3) is 4.65. The van der Waals surface area contributed by atoms with E-state index in [2.05, 4.69) is 120 Å². The van der Waals surface area contributed by atoms with Gasteiger partial charge in [-0.2, -0.15) is 0 Å². The Morgan fingerprint density at radius 1 is 0.512 bits per heavy atom. The van der Waals surface area contributed by atoms with Crippen LogP contribution in [0.5, 0.6) is 0 Å². The van der Waals surface area contributed by atoms with Crippen LogP contribution in [-0.2, 0) is 6.42 Å². The zero-order chi connectivity index (χ0) is 28.6. The van der Waals surface area contributed by atoms with Crippen molar-refractivity contribution in [3.8, 4) is 50.7 Å². The molecule has 5 aromatic carbocycles. The first kappa shape index (κ1) is 25.2. The van der Waals surface area contributed by atoms with E-state index >= 15 is 0 Å². The van der Waals surface area contributed by atoms with Crippen LogP contribution < -0.4 is 0 Å². The van der Waals surface area contributed by atoms with Crippen molar-refractivity contribution in [1.82, 2.24) is 14.5 Å². The highest BCUT2D eigenvalue weighted by atomic mass is 15.0. The Morgan fingerprint density at radius 3 is 1.95 bits per heavy atom. The summed E-state index contributed by atoms with van der Waals surface area (Å²) in [7, 11) is 0. The smallest absolute Gasteiger partial charge is 0.160 e. The fourth-order valence-corrected chi connectivity index (χ4v) is 6.19. The summed E-state index contributed by atoms with van der Waals surface area (Å²) in [5.74, 6) is 0.725. The fourth-order valence-electron chi connectivity index (χ4n) is 6.19. The molecule has 3 heteroatoms.